The molecular weight excluding hydrogens is 691 g/mol. The Morgan fingerprint density at radius 3 is 1.04 bits per heavy atom. The summed E-state index contributed by atoms with van der Waals surface area (Å²) in [6.07, 6.45) is 58.0. The summed E-state index contributed by atoms with van der Waals surface area (Å²) in [6, 6.07) is -0.801. The Kier molecular flexibility index (Phi) is 45.5. The van der Waals surface area contributed by atoms with E-state index in [0.717, 1.165) is 44.9 Å². The minimum absolute atomic E-state index is 0.365. The number of nitrogens with one attached hydrogen (secondary N) is 1. The van der Waals surface area contributed by atoms with E-state index in [2.05, 4.69) is 31.3 Å². The van der Waals surface area contributed by atoms with Crippen molar-refractivity contribution in [1.82, 2.24) is 5.32 Å². The molecule has 0 bridgehead atoms. The summed E-state index contributed by atoms with van der Waals surface area (Å²) in [6.45, 7) is 4.20. The van der Waals surface area contributed by atoms with E-state index in [0.29, 0.717) is 6.42 Å². The Hall–Kier alpha value is -1.17. The van der Waals surface area contributed by atoms with E-state index < -0.39 is 24.2 Å². The molecule has 0 aromatic heterocycles. The Balaban J connectivity index is 3.60. The van der Waals surface area contributed by atoms with Crippen molar-refractivity contribution in [3.8, 4) is 0 Å². The zero-order valence-electron chi connectivity index (χ0n) is 37.8. The smallest absolute Gasteiger partial charge is 0.249 e. The van der Waals surface area contributed by atoms with Gasteiger partial charge in [-0.15, -0.1) is 0 Å². The van der Waals surface area contributed by atoms with Crippen LogP contribution < -0.4 is 5.32 Å². The van der Waals surface area contributed by atoms with Crippen LogP contribution in [0.5, 0.6) is 0 Å². The van der Waals surface area contributed by atoms with E-state index in [1.807, 2.05) is 6.08 Å². The molecule has 0 aliphatic heterocycles. The number of hydrogen-bond donors (Lipinski definition) is 4. The molecule has 3 atom stereocenters. The maximum Gasteiger partial charge on any atom is 0.249 e. The minimum Gasteiger partial charge on any atom is -0.394 e. The summed E-state index contributed by atoms with van der Waals surface area (Å²) in [5.74, 6) is -0.509. The number of carbonyl (C=O) groups is 1. The van der Waals surface area contributed by atoms with E-state index in [1.165, 1.54) is 205 Å². The highest BCUT2D eigenvalue weighted by Gasteiger charge is 2.22. The largest absolute Gasteiger partial charge is 0.394 e. The number of hydrogen-bond acceptors (Lipinski definition) is 4. The molecule has 56 heavy (non-hydrogen) atoms. The molecule has 4 N–H and O–H groups in total. The molecule has 0 saturated carbocycles. The zero-order chi connectivity index (χ0) is 40.8. The first-order chi connectivity index (χ1) is 27.6. The Labute approximate surface area is 350 Å². The lowest BCUT2D eigenvalue weighted by Gasteiger charge is -2.21. The summed E-state index contributed by atoms with van der Waals surface area (Å²) in [5.41, 5.74) is 0. The fourth-order valence-corrected chi connectivity index (χ4v) is 7.83. The molecule has 0 radical (unpaired) electrons. The van der Waals surface area contributed by atoms with Crippen molar-refractivity contribution in [1.29, 1.82) is 0 Å². The molecule has 0 rings (SSSR count). The number of rotatable bonds is 46. The molecule has 0 saturated heterocycles. The van der Waals surface area contributed by atoms with Gasteiger partial charge in [0.1, 0.15) is 6.10 Å². The average molecular weight is 790 g/mol. The van der Waals surface area contributed by atoms with Crippen molar-refractivity contribution in [2.24, 2.45) is 0 Å². The van der Waals surface area contributed by atoms with Gasteiger partial charge in [0, 0.05) is 0 Å². The van der Waals surface area contributed by atoms with Crippen LogP contribution in [0.15, 0.2) is 24.3 Å². The van der Waals surface area contributed by atoms with E-state index >= 15 is 0 Å². The van der Waals surface area contributed by atoms with Gasteiger partial charge in [-0.25, -0.2) is 0 Å². The van der Waals surface area contributed by atoms with E-state index in [4.69, 9.17) is 0 Å². The second kappa shape index (κ2) is 46.5. The number of aliphatic hydroxyl groups excluding tert-OH is 3. The quantitative estimate of drug-likeness (QED) is 0.0365. The van der Waals surface area contributed by atoms with Crippen LogP contribution in [0.2, 0.25) is 0 Å². The van der Waals surface area contributed by atoms with E-state index in [-0.39, 0.29) is 6.61 Å². The van der Waals surface area contributed by atoms with Crippen molar-refractivity contribution in [2.75, 3.05) is 6.61 Å². The molecule has 5 heteroatoms. The molecule has 5 nitrogen and oxygen atoms in total. The number of carbonyl (C=O) groups excluding carboxylic acids is 1. The molecule has 0 aliphatic rings. The maximum absolute atomic E-state index is 12.5. The number of unbranched alkanes of at least 4 members (excludes halogenated alkanes) is 36. The highest BCUT2D eigenvalue weighted by Crippen LogP contribution is 2.17. The van der Waals surface area contributed by atoms with Gasteiger partial charge in [0.15, 0.2) is 0 Å². The van der Waals surface area contributed by atoms with Gasteiger partial charge in [-0.3, -0.25) is 4.79 Å². The van der Waals surface area contributed by atoms with Crippen molar-refractivity contribution in [2.45, 2.75) is 289 Å². The Bertz CT molecular complexity index is 829. The normalized spacial score (nSPS) is 13.6. The molecular formula is C51H99NO4. The van der Waals surface area contributed by atoms with Gasteiger partial charge in [-0.1, -0.05) is 250 Å². The lowest BCUT2D eigenvalue weighted by atomic mass is 10.0. The third-order valence-corrected chi connectivity index (χ3v) is 11.8. The van der Waals surface area contributed by atoms with Crippen LogP contribution in [0.25, 0.3) is 0 Å². The van der Waals surface area contributed by atoms with Crippen LogP contribution in [-0.4, -0.2) is 46.1 Å². The minimum atomic E-state index is -1.11. The summed E-state index contributed by atoms with van der Waals surface area (Å²) in [4.78, 5) is 12.5. The standard InChI is InChI=1S/C51H99NO4/c1-3-5-7-9-11-13-15-17-19-21-22-23-24-25-26-27-28-30-31-33-35-37-39-41-43-45-49(54)48(47-53)52-51(56)50(55)46-44-42-40-38-36-34-32-29-20-18-16-14-12-10-8-6-4-2/h32,34,43,45,48-50,53-55H,3-31,33,35-42,44,46-47H2,1-2H3,(H,52,56)/b34-32-,45-43+. The molecule has 0 aromatic rings. The van der Waals surface area contributed by atoms with Gasteiger partial charge < -0.3 is 20.6 Å². The maximum atomic E-state index is 12.5. The second-order valence-corrected chi connectivity index (χ2v) is 17.4. The van der Waals surface area contributed by atoms with Gasteiger partial charge in [0.05, 0.1) is 18.8 Å². The predicted molar refractivity (Wildman–Crippen MR) is 245 cm³/mol. The first-order valence-corrected chi connectivity index (χ1v) is 25.2. The molecule has 3 unspecified atom stereocenters. The zero-order valence-corrected chi connectivity index (χ0v) is 37.8. The molecule has 0 fully saturated rings. The highest BCUT2D eigenvalue weighted by molar-refractivity contribution is 5.80. The average Bonchev–Trinajstić information content (AvgIpc) is 3.20. The summed E-state index contributed by atoms with van der Waals surface area (Å²) in [5, 5.41) is 33.2. The van der Waals surface area contributed by atoms with E-state index in [9.17, 15) is 20.1 Å². The SMILES string of the molecule is CCCCCCCCCCC/C=C\CCCCCCC(O)C(=O)NC(CO)C(O)/C=C/CCCCCCCCCCCCCCCCCCCCCCCCC. The van der Waals surface area contributed by atoms with Crippen molar-refractivity contribution < 1.29 is 20.1 Å². The molecule has 1 amide bonds. The third kappa shape index (κ3) is 41.0. The summed E-state index contributed by atoms with van der Waals surface area (Å²) >= 11 is 0. The first kappa shape index (κ1) is 54.8. The third-order valence-electron chi connectivity index (χ3n) is 11.8. The van der Waals surface area contributed by atoms with E-state index in [1.54, 1.807) is 6.08 Å². The molecule has 0 aromatic carbocycles. The van der Waals surface area contributed by atoms with Crippen LogP contribution >= 0.6 is 0 Å². The molecule has 0 spiro atoms. The molecule has 332 valence electrons. The van der Waals surface area contributed by atoms with Gasteiger partial charge in [0.2, 0.25) is 5.91 Å². The van der Waals surface area contributed by atoms with Gasteiger partial charge >= 0.3 is 0 Å². The Morgan fingerprint density at radius 2 is 0.714 bits per heavy atom. The highest BCUT2D eigenvalue weighted by atomic mass is 16.3. The Morgan fingerprint density at radius 1 is 0.429 bits per heavy atom. The first-order valence-electron chi connectivity index (χ1n) is 25.2. The lowest BCUT2D eigenvalue weighted by Crippen LogP contribution is -2.48. The fourth-order valence-electron chi connectivity index (χ4n) is 7.83. The number of amides is 1. The lowest BCUT2D eigenvalue weighted by molar-refractivity contribution is -0.131. The van der Waals surface area contributed by atoms with Gasteiger partial charge in [-0.2, -0.15) is 0 Å². The second-order valence-electron chi connectivity index (χ2n) is 17.4. The predicted octanol–water partition coefficient (Wildman–Crippen LogP) is 14.9. The number of aliphatic hydroxyl groups is 3. The summed E-state index contributed by atoms with van der Waals surface area (Å²) in [7, 11) is 0. The van der Waals surface area contributed by atoms with Gasteiger partial charge in [0.25, 0.3) is 0 Å². The fraction of sp³-hybridized carbons (Fsp3) is 0.902. The topological polar surface area (TPSA) is 89.8 Å². The van der Waals surface area contributed by atoms with Crippen molar-refractivity contribution in [3.63, 3.8) is 0 Å². The van der Waals surface area contributed by atoms with Crippen LogP contribution in [0.3, 0.4) is 0 Å². The van der Waals surface area contributed by atoms with Crippen LogP contribution in [0, 0.1) is 0 Å². The van der Waals surface area contributed by atoms with Crippen LogP contribution in [0.1, 0.15) is 271 Å². The molecule has 0 heterocycles. The van der Waals surface area contributed by atoms with Crippen LogP contribution in [-0.2, 0) is 4.79 Å². The molecule has 0 aliphatic carbocycles. The monoisotopic (exact) mass is 790 g/mol. The van der Waals surface area contributed by atoms with Crippen molar-refractivity contribution in [3.05, 3.63) is 24.3 Å². The van der Waals surface area contributed by atoms with Crippen molar-refractivity contribution >= 4 is 5.91 Å². The van der Waals surface area contributed by atoms with Crippen LogP contribution in [0.4, 0.5) is 0 Å². The summed E-state index contributed by atoms with van der Waals surface area (Å²) < 4.78 is 0. The van der Waals surface area contributed by atoms with Gasteiger partial charge in [-0.05, 0) is 44.9 Å². The number of allylic oxidation sites excluding steroid dienone is 3.